The molecule has 0 radical (unpaired) electrons. The summed E-state index contributed by atoms with van der Waals surface area (Å²) in [6.07, 6.45) is 1.57. The predicted molar refractivity (Wildman–Crippen MR) is 101 cm³/mol. The lowest BCUT2D eigenvalue weighted by Gasteiger charge is -2.10. The molecule has 5 heteroatoms. The van der Waals surface area contributed by atoms with Crippen LogP contribution in [-0.4, -0.2) is 10.8 Å². The molecule has 130 valence electrons. The van der Waals surface area contributed by atoms with Crippen molar-refractivity contribution in [3.05, 3.63) is 106 Å². The number of rotatable bonds is 6. The van der Waals surface area contributed by atoms with Gasteiger partial charge in [-0.1, -0.05) is 54.6 Å². The molecule has 0 unspecified atom stereocenters. The Kier molecular flexibility index (Phi) is 5.39. The van der Waals surface area contributed by atoms with Crippen LogP contribution in [0.3, 0.4) is 0 Å². The number of carbonyl (C=O) groups is 1. The molecule has 0 aliphatic heterocycles. The van der Waals surface area contributed by atoms with Gasteiger partial charge < -0.3 is 5.32 Å². The molecule has 1 N–H and O–H groups in total. The number of nitro groups is 1. The van der Waals surface area contributed by atoms with Crippen LogP contribution < -0.4 is 5.32 Å². The number of hydrogen-bond donors (Lipinski definition) is 1. The minimum Gasteiger partial charge on any atom is -0.322 e. The van der Waals surface area contributed by atoms with Gasteiger partial charge in [0.1, 0.15) is 0 Å². The van der Waals surface area contributed by atoms with Crippen LogP contribution in [0, 0.1) is 10.1 Å². The molecule has 0 atom stereocenters. The van der Waals surface area contributed by atoms with Crippen molar-refractivity contribution in [1.29, 1.82) is 0 Å². The van der Waals surface area contributed by atoms with Crippen LogP contribution in [0.25, 0.3) is 0 Å². The summed E-state index contributed by atoms with van der Waals surface area (Å²) in [4.78, 5) is 23.0. The quantitative estimate of drug-likeness (QED) is 0.522. The van der Waals surface area contributed by atoms with E-state index in [4.69, 9.17) is 0 Å². The highest BCUT2D eigenvalue weighted by Crippen LogP contribution is 2.19. The lowest BCUT2D eigenvalue weighted by molar-refractivity contribution is -0.384. The largest absolute Gasteiger partial charge is 0.322 e. The fourth-order valence-corrected chi connectivity index (χ4v) is 2.78. The zero-order valence-electron chi connectivity index (χ0n) is 14.1. The highest BCUT2D eigenvalue weighted by molar-refractivity contribution is 6.05. The Morgan fingerprint density at radius 2 is 1.62 bits per heavy atom. The van der Waals surface area contributed by atoms with Gasteiger partial charge in [0.05, 0.1) is 4.92 Å². The summed E-state index contributed by atoms with van der Waals surface area (Å²) in [5.74, 6) is -0.269. The lowest BCUT2D eigenvalue weighted by atomic mass is 9.99. The molecule has 0 saturated heterocycles. The number of carbonyl (C=O) groups excluding carboxylic acids is 1. The van der Waals surface area contributed by atoms with Crippen molar-refractivity contribution in [1.82, 2.24) is 0 Å². The number of non-ortho nitro benzene ring substituents is 1. The first-order chi connectivity index (χ1) is 12.6. The Morgan fingerprint density at radius 3 is 2.38 bits per heavy atom. The van der Waals surface area contributed by atoms with Gasteiger partial charge in [0.25, 0.3) is 11.6 Å². The molecule has 0 heterocycles. The molecule has 0 spiro atoms. The van der Waals surface area contributed by atoms with Crippen LogP contribution in [0.5, 0.6) is 0 Å². The van der Waals surface area contributed by atoms with E-state index in [2.05, 4.69) is 17.4 Å². The van der Waals surface area contributed by atoms with E-state index in [1.807, 2.05) is 36.4 Å². The van der Waals surface area contributed by atoms with Crippen LogP contribution in [-0.2, 0) is 12.8 Å². The third-order valence-electron chi connectivity index (χ3n) is 4.10. The molecule has 0 saturated carbocycles. The number of aryl methyl sites for hydroxylation is 2. The number of hydrogen-bond acceptors (Lipinski definition) is 3. The zero-order valence-corrected chi connectivity index (χ0v) is 14.1. The summed E-state index contributed by atoms with van der Waals surface area (Å²) in [5.41, 5.74) is 3.08. The van der Waals surface area contributed by atoms with E-state index in [1.54, 1.807) is 18.2 Å². The molecular formula is C21H18N2O3. The van der Waals surface area contributed by atoms with E-state index in [0.29, 0.717) is 11.3 Å². The summed E-state index contributed by atoms with van der Waals surface area (Å²) in [6, 6.07) is 23.5. The molecule has 0 aliphatic carbocycles. The molecule has 0 aliphatic rings. The molecule has 0 fully saturated rings. The van der Waals surface area contributed by atoms with Crippen molar-refractivity contribution in [2.45, 2.75) is 12.8 Å². The lowest BCUT2D eigenvalue weighted by Crippen LogP contribution is -2.14. The maximum absolute atomic E-state index is 12.6. The van der Waals surface area contributed by atoms with Gasteiger partial charge in [-0.25, -0.2) is 0 Å². The second kappa shape index (κ2) is 8.07. The van der Waals surface area contributed by atoms with Crippen molar-refractivity contribution < 1.29 is 9.72 Å². The minimum absolute atomic E-state index is 0.0554. The van der Waals surface area contributed by atoms with Crippen LogP contribution in [0.15, 0.2) is 78.9 Å². The number of nitro benzene ring substituents is 1. The highest BCUT2D eigenvalue weighted by atomic mass is 16.6. The Bertz CT molecular complexity index is 923. The van der Waals surface area contributed by atoms with Gasteiger partial charge in [0, 0.05) is 23.4 Å². The molecule has 1 amide bonds. The SMILES string of the molecule is O=C(Nc1cccc([N+](=O)[O-])c1)c1ccccc1CCc1ccccc1. The molecule has 5 nitrogen and oxygen atoms in total. The second-order valence-corrected chi connectivity index (χ2v) is 5.90. The standard InChI is InChI=1S/C21H18N2O3/c24-21(22-18-10-6-11-19(15-18)23(25)26)20-12-5-4-9-17(20)14-13-16-7-2-1-3-8-16/h1-12,15H,13-14H2,(H,22,24). The first kappa shape index (κ1) is 17.4. The third-order valence-corrected chi connectivity index (χ3v) is 4.10. The molecule has 3 aromatic carbocycles. The van der Waals surface area contributed by atoms with Crippen molar-refractivity contribution in [2.75, 3.05) is 5.32 Å². The summed E-state index contributed by atoms with van der Waals surface area (Å²) < 4.78 is 0. The fourth-order valence-electron chi connectivity index (χ4n) is 2.78. The maximum Gasteiger partial charge on any atom is 0.271 e. The number of nitrogens with zero attached hydrogens (tertiary/aromatic N) is 1. The number of anilines is 1. The van der Waals surface area contributed by atoms with Gasteiger partial charge in [-0.05, 0) is 36.1 Å². The van der Waals surface area contributed by atoms with Crippen molar-refractivity contribution in [3.8, 4) is 0 Å². The Balaban J connectivity index is 1.75. The minimum atomic E-state index is -0.483. The number of benzene rings is 3. The van der Waals surface area contributed by atoms with E-state index >= 15 is 0 Å². The maximum atomic E-state index is 12.6. The van der Waals surface area contributed by atoms with E-state index in [9.17, 15) is 14.9 Å². The Hall–Kier alpha value is -3.47. The topological polar surface area (TPSA) is 72.2 Å². The predicted octanol–water partition coefficient (Wildman–Crippen LogP) is 4.63. The van der Waals surface area contributed by atoms with Crippen LogP contribution in [0.1, 0.15) is 21.5 Å². The molecule has 3 rings (SSSR count). The number of nitrogens with one attached hydrogen (secondary N) is 1. The average molecular weight is 346 g/mol. The van der Waals surface area contributed by atoms with Gasteiger partial charge in [0.15, 0.2) is 0 Å². The van der Waals surface area contributed by atoms with E-state index < -0.39 is 4.92 Å². The smallest absolute Gasteiger partial charge is 0.271 e. The monoisotopic (exact) mass is 346 g/mol. The number of amides is 1. The van der Waals surface area contributed by atoms with Crippen LogP contribution in [0.2, 0.25) is 0 Å². The normalized spacial score (nSPS) is 10.3. The van der Waals surface area contributed by atoms with Gasteiger partial charge in [-0.15, -0.1) is 0 Å². The summed E-state index contributed by atoms with van der Waals surface area (Å²) >= 11 is 0. The Labute approximate surface area is 151 Å². The van der Waals surface area contributed by atoms with E-state index in [-0.39, 0.29) is 11.6 Å². The first-order valence-corrected chi connectivity index (χ1v) is 8.31. The summed E-state index contributed by atoms with van der Waals surface area (Å²) in [7, 11) is 0. The summed E-state index contributed by atoms with van der Waals surface area (Å²) in [5, 5.41) is 13.6. The highest BCUT2D eigenvalue weighted by Gasteiger charge is 2.13. The van der Waals surface area contributed by atoms with E-state index in [0.717, 1.165) is 18.4 Å². The van der Waals surface area contributed by atoms with Crippen molar-refractivity contribution in [3.63, 3.8) is 0 Å². The molecule has 26 heavy (non-hydrogen) atoms. The molecule has 3 aromatic rings. The van der Waals surface area contributed by atoms with Crippen LogP contribution >= 0.6 is 0 Å². The second-order valence-electron chi connectivity index (χ2n) is 5.90. The third kappa shape index (κ3) is 4.33. The van der Waals surface area contributed by atoms with Crippen molar-refractivity contribution >= 4 is 17.3 Å². The zero-order chi connectivity index (χ0) is 18.4. The molecular weight excluding hydrogens is 328 g/mol. The fraction of sp³-hybridized carbons (Fsp3) is 0.0952. The van der Waals surface area contributed by atoms with Gasteiger partial charge in [0.2, 0.25) is 0 Å². The van der Waals surface area contributed by atoms with Gasteiger partial charge in [-0.3, -0.25) is 14.9 Å². The van der Waals surface area contributed by atoms with E-state index in [1.165, 1.54) is 17.7 Å². The molecule has 0 bridgehead atoms. The Morgan fingerprint density at radius 1 is 0.885 bits per heavy atom. The van der Waals surface area contributed by atoms with Crippen molar-refractivity contribution in [2.24, 2.45) is 0 Å². The van der Waals surface area contributed by atoms with Gasteiger partial charge in [-0.2, -0.15) is 0 Å². The average Bonchev–Trinajstić information content (AvgIpc) is 2.67. The van der Waals surface area contributed by atoms with Gasteiger partial charge >= 0.3 is 0 Å². The first-order valence-electron chi connectivity index (χ1n) is 8.31. The van der Waals surface area contributed by atoms with Crippen LogP contribution in [0.4, 0.5) is 11.4 Å². The summed E-state index contributed by atoms with van der Waals surface area (Å²) in [6.45, 7) is 0. The molecule has 0 aromatic heterocycles.